The zero-order chi connectivity index (χ0) is 20.4. The molecule has 1 saturated heterocycles. The number of carbonyl (C=O) groups is 1. The third-order valence-corrected chi connectivity index (χ3v) is 6.08. The molecule has 0 aromatic heterocycles. The van der Waals surface area contributed by atoms with Crippen LogP contribution in [0.5, 0.6) is 23.0 Å². The van der Waals surface area contributed by atoms with Gasteiger partial charge in [0, 0.05) is 6.07 Å². The lowest BCUT2D eigenvalue weighted by Crippen LogP contribution is -2.27. The van der Waals surface area contributed by atoms with Gasteiger partial charge in [-0.05, 0) is 35.7 Å². The molecule has 0 aliphatic carbocycles. The van der Waals surface area contributed by atoms with Crippen LogP contribution in [-0.4, -0.2) is 36.1 Å². The fourth-order valence-corrected chi connectivity index (χ4v) is 4.35. The molecule has 8 heteroatoms. The number of amides is 1. The molecule has 150 valence electrons. The summed E-state index contributed by atoms with van der Waals surface area (Å²) in [6.07, 6.45) is 2.45. The predicted molar refractivity (Wildman–Crippen MR) is 115 cm³/mol. The molecule has 2 heterocycles. The molecule has 0 bridgehead atoms. The minimum absolute atomic E-state index is 0.0925. The van der Waals surface area contributed by atoms with Crippen LogP contribution in [0.1, 0.15) is 11.1 Å². The Labute approximate surface area is 178 Å². The molecule has 1 fully saturated rings. The van der Waals surface area contributed by atoms with Crippen molar-refractivity contribution >= 4 is 34.2 Å². The van der Waals surface area contributed by atoms with E-state index in [0.29, 0.717) is 33.7 Å². The van der Waals surface area contributed by atoms with Gasteiger partial charge in [0.1, 0.15) is 15.8 Å². The normalized spacial score (nSPS) is 16.6. The van der Waals surface area contributed by atoms with Crippen LogP contribution in [0.15, 0.2) is 47.4 Å². The Hall–Kier alpha value is -2.71. The highest BCUT2D eigenvalue weighted by Crippen LogP contribution is 2.36. The van der Waals surface area contributed by atoms with E-state index < -0.39 is 0 Å². The second-order valence-electron chi connectivity index (χ2n) is 6.40. The Kier molecular flexibility index (Phi) is 5.64. The van der Waals surface area contributed by atoms with Gasteiger partial charge >= 0.3 is 0 Å². The van der Waals surface area contributed by atoms with Crippen molar-refractivity contribution in [3.05, 3.63) is 58.5 Å². The van der Waals surface area contributed by atoms with E-state index in [1.54, 1.807) is 19.1 Å². The highest BCUT2D eigenvalue weighted by molar-refractivity contribution is 8.26. The first-order valence-electron chi connectivity index (χ1n) is 8.92. The van der Waals surface area contributed by atoms with Crippen LogP contribution in [0.25, 0.3) is 0 Å². The number of hydrogen-bond acceptors (Lipinski definition) is 7. The van der Waals surface area contributed by atoms with Crippen molar-refractivity contribution in [2.75, 3.05) is 21.0 Å². The zero-order valence-electron chi connectivity index (χ0n) is 16.0. The molecule has 6 nitrogen and oxygen atoms in total. The summed E-state index contributed by atoms with van der Waals surface area (Å²) >= 11 is 6.75. The maximum Gasteiger partial charge on any atom is 0.266 e. The lowest BCUT2D eigenvalue weighted by molar-refractivity contribution is -0.122. The first kappa shape index (κ1) is 19.6. The van der Waals surface area contributed by atoms with Gasteiger partial charge in [-0.3, -0.25) is 9.69 Å². The van der Waals surface area contributed by atoms with Gasteiger partial charge in [-0.1, -0.05) is 42.2 Å². The van der Waals surface area contributed by atoms with Crippen LogP contribution in [0.2, 0.25) is 0 Å². The molecular formula is C21H19NO5S2. The Morgan fingerprint density at radius 2 is 1.97 bits per heavy atom. The number of fused-ring (bicyclic) bond motifs is 1. The minimum Gasteiger partial charge on any atom is -0.497 e. The minimum atomic E-state index is -0.0925. The Morgan fingerprint density at radius 1 is 1.14 bits per heavy atom. The van der Waals surface area contributed by atoms with Crippen molar-refractivity contribution in [3.8, 4) is 23.0 Å². The number of thiocarbonyl (C=S) groups is 1. The molecule has 0 radical (unpaired) electrons. The maximum atomic E-state index is 12.9. The van der Waals surface area contributed by atoms with Crippen LogP contribution in [0, 0.1) is 0 Å². The fourth-order valence-electron chi connectivity index (χ4n) is 3.12. The number of carbonyl (C=O) groups excluding carboxylic acids is 1. The number of ether oxygens (including phenoxy) is 4. The topological polar surface area (TPSA) is 57.2 Å². The molecule has 0 N–H and O–H groups in total. The van der Waals surface area contributed by atoms with Gasteiger partial charge < -0.3 is 18.9 Å². The number of allylic oxidation sites excluding steroid dienone is 1. The van der Waals surface area contributed by atoms with Crippen molar-refractivity contribution in [1.29, 1.82) is 0 Å². The first-order valence-corrected chi connectivity index (χ1v) is 10.1. The maximum absolute atomic E-state index is 12.9. The highest BCUT2D eigenvalue weighted by atomic mass is 32.2. The van der Waals surface area contributed by atoms with Crippen LogP contribution < -0.4 is 18.9 Å². The van der Waals surface area contributed by atoms with Crippen molar-refractivity contribution in [2.24, 2.45) is 0 Å². The molecule has 0 unspecified atom stereocenters. The number of hydrogen-bond donors (Lipinski definition) is 0. The lowest BCUT2D eigenvalue weighted by atomic mass is 10.1. The second kappa shape index (κ2) is 8.34. The van der Waals surface area contributed by atoms with E-state index in [1.807, 2.05) is 42.5 Å². The first-order chi connectivity index (χ1) is 14.1. The summed E-state index contributed by atoms with van der Waals surface area (Å²) in [4.78, 5) is 15.1. The van der Waals surface area contributed by atoms with Gasteiger partial charge in [-0.15, -0.1) is 0 Å². The number of rotatable bonds is 6. The number of benzene rings is 2. The summed E-state index contributed by atoms with van der Waals surface area (Å²) in [6, 6.07) is 11.3. The van der Waals surface area contributed by atoms with Crippen molar-refractivity contribution in [1.82, 2.24) is 4.90 Å². The molecule has 2 aromatic carbocycles. The standard InChI is InChI=1S/C21H19NO5S2/c1-24-15-6-4-14(17(10-15)25-2)5-8-19-20(23)22(21(28)29-19)11-13-3-7-16-18(9-13)27-12-26-16/h3-4,6-10H,5,11-12H2,1-2H3/b19-8-. The molecule has 0 spiro atoms. The van der Waals surface area contributed by atoms with Crippen molar-refractivity contribution < 1.29 is 23.7 Å². The monoisotopic (exact) mass is 429 g/mol. The summed E-state index contributed by atoms with van der Waals surface area (Å²) in [7, 11) is 3.23. The van der Waals surface area contributed by atoms with E-state index >= 15 is 0 Å². The average Bonchev–Trinajstić information content (AvgIpc) is 3.31. The van der Waals surface area contributed by atoms with E-state index in [2.05, 4.69) is 0 Å². The third-order valence-electron chi connectivity index (χ3n) is 4.65. The lowest BCUT2D eigenvalue weighted by Gasteiger charge is -2.14. The number of thioether (sulfide) groups is 1. The number of nitrogens with zero attached hydrogens (tertiary/aromatic N) is 1. The highest BCUT2D eigenvalue weighted by Gasteiger charge is 2.32. The molecule has 2 aliphatic heterocycles. The van der Waals surface area contributed by atoms with E-state index in [-0.39, 0.29) is 12.7 Å². The van der Waals surface area contributed by atoms with Gasteiger partial charge in [0.25, 0.3) is 5.91 Å². The average molecular weight is 430 g/mol. The summed E-state index contributed by atoms with van der Waals surface area (Å²) in [5.41, 5.74) is 1.90. The Bertz CT molecular complexity index is 1000. The summed E-state index contributed by atoms with van der Waals surface area (Å²) < 4.78 is 21.9. The largest absolute Gasteiger partial charge is 0.497 e. The van der Waals surface area contributed by atoms with Gasteiger partial charge in [-0.25, -0.2) is 0 Å². The zero-order valence-corrected chi connectivity index (χ0v) is 17.6. The Balaban J connectivity index is 1.48. The summed E-state index contributed by atoms with van der Waals surface area (Å²) in [6.45, 7) is 0.613. The molecule has 2 aliphatic rings. The Morgan fingerprint density at radius 3 is 2.76 bits per heavy atom. The van der Waals surface area contributed by atoms with Crippen molar-refractivity contribution in [3.63, 3.8) is 0 Å². The second-order valence-corrected chi connectivity index (χ2v) is 8.07. The van der Waals surface area contributed by atoms with Crippen molar-refractivity contribution in [2.45, 2.75) is 13.0 Å². The van der Waals surface area contributed by atoms with Crippen LogP contribution in [0.3, 0.4) is 0 Å². The molecule has 1 amide bonds. The smallest absolute Gasteiger partial charge is 0.266 e. The molecule has 0 saturated carbocycles. The van der Waals surface area contributed by atoms with Crippen LogP contribution >= 0.6 is 24.0 Å². The molecule has 4 rings (SSSR count). The molecule has 2 aromatic rings. The number of methoxy groups -OCH3 is 2. The third kappa shape index (κ3) is 4.04. The molecule has 0 atom stereocenters. The molecule has 29 heavy (non-hydrogen) atoms. The van der Waals surface area contributed by atoms with E-state index in [0.717, 1.165) is 22.6 Å². The van der Waals surface area contributed by atoms with E-state index in [9.17, 15) is 4.79 Å². The van der Waals surface area contributed by atoms with E-state index in [4.69, 9.17) is 31.2 Å². The summed E-state index contributed by atoms with van der Waals surface area (Å²) in [5.74, 6) is 2.75. The van der Waals surface area contributed by atoms with Gasteiger partial charge in [0.15, 0.2) is 11.5 Å². The molecular weight excluding hydrogens is 410 g/mol. The SMILES string of the molecule is COc1ccc(C/C=C2\SC(=S)N(Cc3ccc4c(c3)OCO4)C2=O)c(OC)c1. The van der Waals surface area contributed by atoms with E-state index in [1.165, 1.54) is 11.8 Å². The van der Waals surface area contributed by atoms with Gasteiger partial charge in [0.2, 0.25) is 6.79 Å². The van der Waals surface area contributed by atoms with Gasteiger partial charge in [-0.2, -0.15) is 0 Å². The fraction of sp³-hybridized carbons (Fsp3) is 0.238. The van der Waals surface area contributed by atoms with Gasteiger partial charge in [0.05, 0.1) is 25.7 Å². The van der Waals surface area contributed by atoms with Crippen LogP contribution in [0.4, 0.5) is 0 Å². The van der Waals surface area contributed by atoms with Crippen LogP contribution in [-0.2, 0) is 17.8 Å². The predicted octanol–water partition coefficient (Wildman–Crippen LogP) is 3.92. The quantitative estimate of drug-likeness (QED) is 0.510. The summed E-state index contributed by atoms with van der Waals surface area (Å²) in [5, 5.41) is 0.